The summed E-state index contributed by atoms with van der Waals surface area (Å²) < 4.78 is 11.3. The molecule has 6 nitrogen and oxygen atoms in total. The van der Waals surface area contributed by atoms with Crippen LogP contribution in [0.3, 0.4) is 0 Å². The van der Waals surface area contributed by atoms with Crippen LogP contribution in [-0.2, 0) is 0 Å². The molecule has 2 rings (SSSR count). The lowest BCUT2D eigenvalue weighted by molar-refractivity contribution is 0.0943. The van der Waals surface area contributed by atoms with Crippen molar-refractivity contribution < 1.29 is 19.1 Å². The lowest BCUT2D eigenvalue weighted by Crippen LogP contribution is -2.24. The SMILES string of the molecule is CC(C)Oc1cccc(C(=O)NCCCCCCCCNC(=O)c2cccc(OC(C)C)c2)c1. The van der Waals surface area contributed by atoms with Crippen molar-refractivity contribution in [3.63, 3.8) is 0 Å². The maximum atomic E-state index is 12.3. The molecule has 0 saturated heterocycles. The molecule has 0 bridgehead atoms. The summed E-state index contributed by atoms with van der Waals surface area (Å²) in [5.41, 5.74) is 1.25. The Morgan fingerprint density at radius 1 is 0.647 bits per heavy atom. The number of unbranched alkanes of at least 4 members (excludes halogenated alkanes) is 5. The van der Waals surface area contributed by atoms with Gasteiger partial charge in [-0.25, -0.2) is 0 Å². The minimum absolute atomic E-state index is 0.0637. The van der Waals surface area contributed by atoms with Gasteiger partial charge in [0.1, 0.15) is 11.5 Å². The van der Waals surface area contributed by atoms with E-state index in [4.69, 9.17) is 9.47 Å². The lowest BCUT2D eigenvalue weighted by atomic mass is 10.1. The van der Waals surface area contributed by atoms with Gasteiger partial charge in [0.25, 0.3) is 11.8 Å². The highest BCUT2D eigenvalue weighted by Gasteiger charge is 2.08. The Kier molecular flexibility index (Phi) is 12.0. The van der Waals surface area contributed by atoms with E-state index < -0.39 is 0 Å². The van der Waals surface area contributed by atoms with E-state index in [-0.39, 0.29) is 24.0 Å². The van der Waals surface area contributed by atoms with E-state index >= 15 is 0 Å². The summed E-state index contributed by atoms with van der Waals surface area (Å²) in [5, 5.41) is 5.96. The van der Waals surface area contributed by atoms with Crippen LogP contribution in [0.4, 0.5) is 0 Å². The molecule has 0 spiro atoms. The Hall–Kier alpha value is -3.02. The van der Waals surface area contributed by atoms with Gasteiger partial charge in [-0.2, -0.15) is 0 Å². The highest BCUT2D eigenvalue weighted by Crippen LogP contribution is 2.16. The van der Waals surface area contributed by atoms with Gasteiger partial charge in [-0.15, -0.1) is 0 Å². The highest BCUT2D eigenvalue weighted by molar-refractivity contribution is 5.95. The molecule has 6 heteroatoms. The zero-order valence-corrected chi connectivity index (χ0v) is 21.1. The fourth-order valence-corrected chi connectivity index (χ4v) is 3.53. The normalized spacial score (nSPS) is 10.9. The largest absolute Gasteiger partial charge is 0.491 e. The Bertz CT molecular complexity index is 822. The molecule has 0 heterocycles. The molecular formula is C28H40N2O4. The molecule has 2 amide bonds. The van der Waals surface area contributed by atoms with Crippen LogP contribution in [0.15, 0.2) is 48.5 Å². The number of nitrogens with one attached hydrogen (secondary N) is 2. The Morgan fingerprint density at radius 2 is 1.03 bits per heavy atom. The molecule has 2 aromatic rings. The van der Waals surface area contributed by atoms with Crippen LogP contribution < -0.4 is 20.1 Å². The van der Waals surface area contributed by atoms with Gasteiger partial charge in [0, 0.05) is 24.2 Å². The number of carbonyl (C=O) groups excluding carboxylic acids is 2. The standard InChI is InChI=1S/C28H40N2O4/c1-21(2)33-25-15-11-13-23(19-25)27(31)29-17-9-7-5-6-8-10-18-30-28(32)24-14-12-16-26(20-24)34-22(3)4/h11-16,19-22H,5-10,17-18H2,1-4H3,(H,29,31)(H,30,32). The second-order valence-electron chi connectivity index (χ2n) is 9.02. The number of hydrogen-bond acceptors (Lipinski definition) is 4. The number of rotatable bonds is 15. The molecular weight excluding hydrogens is 428 g/mol. The van der Waals surface area contributed by atoms with Crippen LogP contribution in [0.5, 0.6) is 11.5 Å². The molecule has 0 fully saturated rings. The van der Waals surface area contributed by atoms with Gasteiger partial charge >= 0.3 is 0 Å². The molecule has 0 radical (unpaired) electrons. The third-order valence-electron chi connectivity index (χ3n) is 5.11. The van der Waals surface area contributed by atoms with E-state index in [1.54, 1.807) is 24.3 Å². The van der Waals surface area contributed by atoms with Gasteiger partial charge in [0.05, 0.1) is 12.2 Å². The van der Waals surface area contributed by atoms with Gasteiger partial charge in [0.2, 0.25) is 0 Å². The van der Waals surface area contributed by atoms with E-state index in [9.17, 15) is 9.59 Å². The third-order valence-corrected chi connectivity index (χ3v) is 5.11. The van der Waals surface area contributed by atoms with Gasteiger partial charge in [0.15, 0.2) is 0 Å². The zero-order chi connectivity index (χ0) is 24.8. The molecule has 0 aliphatic carbocycles. The van der Waals surface area contributed by atoms with E-state index in [0.717, 1.165) is 38.5 Å². The van der Waals surface area contributed by atoms with Crippen LogP contribution in [0.2, 0.25) is 0 Å². The lowest BCUT2D eigenvalue weighted by Gasteiger charge is -2.11. The molecule has 0 atom stereocenters. The molecule has 0 aromatic heterocycles. The first-order chi connectivity index (χ1) is 16.3. The topological polar surface area (TPSA) is 76.7 Å². The Balaban J connectivity index is 1.51. The summed E-state index contributed by atoms with van der Waals surface area (Å²) >= 11 is 0. The van der Waals surface area contributed by atoms with Crippen LogP contribution in [-0.4, -0.2) is 37.1 Å². The van der Waals surface area contributed by atoms with Gasteiger partial charge in [-0.1, -0.05) is 37.8 Å². The number of carbonyl (C=O) groups is 2. The van der Waals surface area contributed by atoms with Gasteiger partial charge < -0.3 is 20.1 Å². The molecule has 0 unspecified atom stereocenters. The molecule has 0 aliphatic rings. The van der Waals surface area contributed by atoms with Gasteiger partial charge in [-0.05, 0) is 76.9 Å². The average molecular weight is 469 g/mol. The maximum Gasteiger partial charge on any atom is 0.251 e. The van der Waals surface area contributed by atoms with Crippen molar-refractivity contribution in [1.82, 2.24) is 10.6 Å². The number of benzene rings is 2. The van der Waals surface area contributed by atoms with E-state index in [2.05, 4.69) is 10.6 Å². The Labute approximate surface area is 204 Å². The summed E-state index contributed by atoms with van der Waals surface area (Å²) in [4.78, 5) is 24.6. The number of ether oxygens (including phenoxy) is 2. The van der Waals surface area contributed by atoms with E-state index in [1.165, 1.54) is 0 Å². The van der Waals surface area contributed by atoms with Crippen molar-refractivity contribution in [2.45, 2.75) is 78.4 Å². The predicted molar refractivity (Wildman–Crippen MR) is 137 cm³/mol. The Morgan fingerprint density at radius 3 is 1.41 bits per heavy atom. The van der Waals surface area contributed by atoms with E-state index in [1.807, 2.05) is 52.0 Å². The second kappa shape index (κ2) is 15.0. The first-order valence-electron chi connectivity index (χ1n) is 12.4. The van der Waals surface area contributed by atoms with Crippen molar-refractivity contribution >= 4 is 11.8 Å². The van der Waals surface area contributed by atoms with Crippen molar-refractivity contribution in [1.29, 1.82) is 0 Å². The average Bonchev–Trinajstić information content (AvgIpc) is 2.79. The van der Waals surface area contributed by atoms with Crippen molar-refractivity contribution in [2.24, 2.45) is 0 Å². The highest BCUT2D eigenvalue weighted by atomic mass is 16.5. The summed E-state index contributed by atoms with van der Waals surface area (Å²) in [6, 6.07) is 14.6. The molecule has 2 aromatic carbocycles. The van der Waals surface area contributed by atoms with Gasteiger partial charge in [-0.3, -0.25) is 9.59 Å². The van der Waals surface area contributed by atoms with Crippen LogP contribution >= 0.6 is 0 Å². The molecule has 0 saturated carbocycles. The molecule has 0 aliphatic heterocycles. The fraction of sp³-hybridized carbons (Fsp3) is 0.500. The van der Waals surface area contributed by atoms with Crippen LogP contribution in [0.1, 0.15) is 86.9 Å². The number of amides is 2. The van der Waals surface area contributed by atoms with Crippen LogP contribution in [0, 0.1) is 0 Å². The summed E-state index contributed by atoms with van der Waals surface area (Å²) in [5.74, 6) is 1.30. The first-order valence-corrected chi connectivity index (χ1v) is 12.4. The summed E-state index contributed by atoms with van der Waals surface area (Å²) in [7, 11) is 0. The monoisotopic (exact) mass is 468 g/mol. The van der Waals surface area contributed by atoms with Crippen molar-refractivity contribution in [2.75, 3.05) is 13.1 Å². The quantitative estimate of drug-likeness (QED) is 0.326. The third kappa shape index (κ3) is 10.7. The minimum atomic E-state index is -0.0637. The number of hydrogen-bond donors (Lipinski definition) is 2. The van der Waals surface area contributed by atoms with E-state index in [0.29, 0.717) is 35.7 Å². The van der Waals surface area contributed by atoms with Crippen molar-refractivity contribution in [3.05, 3.63) is 59.7 Å². The summed E-state index contributed by atoms with van der Waals surface area (Å²) in [6.45, 7) is 9.20. The zero-order valence-electron chi connectivity index (χ0n) is 21.1. The van der Waals surface area contributed by atoms with Crippen LogP contribution in [0.25, 0.3) is 0 Å². The first kappa shape index (κ1) is 27.2. The smallest absolute Gasteiger partial charge is 0.251 e. The molecule has 186 valence electrons. The minimum Gasteiger partial charge on any atom is -0.491 e. The molecule has 2 N–H and O–H groups in total. The van der Waals surface area contributed by atoms with Crippen molar-refractivity contribution in [3.8, 4) is 11.5 Å². The summed E-state index contributed by atoms with van der Waals surface area (Å²) in [6.07, 6.45) is 6.47. The fourth-order valence-electron chi connectivity index (χ4n) is 3.53. The predicted octanol–water partition coefficient (Wildman–Crippen LogP) is 5.76. The maximum absolute atomic E-state index is 12.3. The second-order valence-corrected chi connectivity index (χ2v) is 9.02. The molecule has 34 heavy (non-hydrogen) atoms.